The van der Waals surface area contributed by atoms with Gasteiger partial charge in [0.1, 0.15) is 11.5 Å². The van der Waals surface area contributed by atoms with Crippen molar-refractivity contribution < 1.29 is 15.0 Å². The zero-order chi connectivity index (χ0) is 14.3. The van der Waals surface area contributed by atoms with Crippen LogP contribution in [0.5, 0.6) is 11.5 Å². The monoisotopic (exact) mass is 266 g/mol. The predicted molar refractivity (Wildman–Crippen MR) is 74.2 cm³/mol. The number of phenolic OH excluding ortho intramolecular Hbond substituents is 2. The summed E-state index contributed by atoms with van der Waals surface area (Å²) in [5.41, 5.74) is 5.70. The number of amides is 1. The SMILES string of the molecule is CCCC(CCN)CNC(=O)c1ccc(O)cc1O. The Balaban J connectivity index is 2.58. The third-order valence-corrected chi connectivity index (χ3v) is 3.05. The van der Waals surface area contributed by atoms with Crippen LogP contribution in [0, 0.1) is 5.92 Å². The Labute approximate surface area is 113 Å². The molecule has 1 aromatic rings. The maximum atomic E-state index is 11.9. The van der Waals surface area contributed by atoms with E-state index in [0.29, 0.717) is 19.0 Å². The van der Waals surface area contributed by atoms with Crippen molar-refractivity contribution in [3.63, 3.8) is 0 Å². The number of carbonyl (C=O) groups excluding carboxylic acids is 1. The Bertz CT molecular complexity index is 415. The normalized spacial score (nSPS) is 12.1. The predicted octanol–water partition coefficient (Wildman–Crippen LogP) is 1.59. The zero-order valence-electron chi connectivity index (χ0n) is 11.2. The highest BCUT2D eigenvalue weighted by Gasteiger charge is 2.13. The van der Waals surface area contributed by atoms with E-state index in [9.17, 15) is 15.0 Å². The van der Waals surface area contributed by atoms with Crippen molar-refractivity contribution in [3.8, 4) is 11.5 Å². The van der Waals surface area contributed by atoms with Crippen LogP contribution in [0.4, 0.5) is 0 Å². The smallest absolute Gasteiger partial charge is 0.255 e. The number of rotatable bonds is 7. The summed E-state index contributed by atoms with van der Waals surface area (Å²) in [5, 5.41) is 21.6. The van der Waals surface area contributed by atoms with Crippen molar-refractivity contribution in [3.05, 3.63) is 23.8 Å². The summed E-state index contributed by atoms with van der Waals surface area (Å²) in [6.45, 7) is 3.24. The van der Waals surface area contributed by atoms with Crippen molar-refractivity contribution in [2.75, 3.05) is 13.1 Å². The average molecular weight is 266 g/mol. The molecule has 0 fully saturated rings. The molecule has 0 aliphatic carbocycles. The molecular formula is C14H22N2O3. The van der Waals surface area contributed by atoms with Crippen LogP contribution in [-0.2, 0) is 0 Å². The lowest BCUT2D eigenvalue weighted by atomic mass is 9.99. The highest BCUT2D eigenvalue weighted by atomic mass is 16.3. The maximum Gasteiger partial charge on any atom is 0.255 e. The van der Waals surface area contributed by atoms with Gasteiger partial charge in [0.15, 0.2) is 0 Å². The van der Waals surface area contributed by atoms with Gasteiger partial charge in [-0.3, -0.25) is 4.79 Å². The molecule has 1 unspecified atom stereocenters. The number of nitrogens with one attached hydrogen (secondary N) is 1. The third-order valence-electron chi connectivity index (χ3n) is 3.05. The van der Waals surface area contributed by atoms with Gasteiger partial charge in [-0.05, 0) is 37.4 Å². The molecule has 5 heteroatoms. The molecule has 0 radical (unpaired) electrons. The number of hydrogen-bond acceptors (Lipinski definition) is 4. The zero-order valence-corrected chi connectivity index (χ0v) is 11.2. The molecule has 0 aromatic heterocycles. The first kappa shape index (κ1) is 15.3. The molecule has 5 nitrogen and oxygen atoms in total. The Morgan fingerprint density at radius 2 is 2.11 bits per heavy atom. The van der Waals surface area contributed by atoms with Crippen LogP contribution in [-0.4, -0.2) is 29.2 Å². The molecule has 1 aromatic carbocycles. The van der Waals surface area contributed by atoms with Crippen molar-refractivity contribution in [1.82, 2.24) is 5.32 Å². The van der Waals surface area contributed by atoms with Crippen LogP contribution >= 0.6 is 0 Å². The number of nitrogens with two attached hydrogens (primary N) is 1. The molecule has 0 spiro atoms. The van der Waals surface area contributed by atoms with Gasteiger partial charge in [0, 0.05) is 12.6 Å². The Hall–Kier alpha value is -1.75. The Morgan fingerprint density at radius 3 is 2.68 bits per heavy atom. The van der Waals surface area contributed by atoms with E-state index in [1.54, 1.807) is 0 Å². The molecule has 0 saturated heterocycles. The first-order chi connectivity index (χ1) is 9.08. The van der Waals surface area contributed by atoms with Gasteiger partial charge in [-0.25, -0.2) is 0 Å². The summed E-state index contributed by atoms with van der Waals surface area (Å²) in [5.74, 6) is -0.266. The molecule has 1 atom stereocenters. The molecular weight excluding hydrogens is 244 g/mol. The standard InChI is InChI=1S/C14H22N2O3/c1-2-3-10(6-7-15)9-16-14(19)12-5-4-11(17)8-13(12)18/h4-5,8,10,17-18H,2-3,6-7,9,15H2,1H3,(H,16,19). The van der Waals surface area contributed by atoms with E-state index in [2.05, 4.69) is 12.2 Å². The fourth-order valence-corrected chi connectivity index (χ4v) is 2.04. The molecule has 0 bridgehead atoms. The quantitative estimate of drug-likeness (QED) is 0.602. The Morgan fingerprint density at radius 1 is 1.37 bits per heavy atom. The second kappa shape index (κ2) is 7.63. The van der Waals surface area contributed by atoms with Gasteiger partial charge in [0.2, 0.25) is 0 Å². The highest BCUT2D eigenvalue weighted by Crippen LogP contribution is 2.22. The fourth-order valence-electron chi connectivity index (χ4n) is 2.04. The first-order valence-electron chi connectivity index (χ1n) is 6.58. The van der Waals surface area contributed by atoms with Crippen LogP contribution in [0.1, 0.15) is 36.5 Å². The number of aromatic hydroxyl groups is 2. The minimum absolute atomic E-state index is 0.0685. The number of phenols is 2. The number of benzene rings is 1. The van der Waals surface area contributed by atoms with E-state index in [1.807, 2.05) is 0 Å². The number of carbonyl (C=O) groups is 1. The molecule has 19 heavy (non-hydrogen) atoms. The Kier molecular flexibility index (Phi) is 6.15. The summed E-state index contributed by atoms with van der Waals surface area (Å²) in [7, 11) is 0. The van der Waals surface area contributed by atoms with Crippen molar-refractivity contribution >= 4 is 5.91 Å². The maximum absolute atomic E-state index is 11.9. The number of hydrogen-bond donors (Lipinski definition) is 4. The van der Waals surface area contributed by atoms with Crippen LogP contribution in [0.15, 0.2) is 18.2 Å². The van der Waals surface area contributed by atoms with E-state index < -0.39 is 0 Å². The summed E-state index contributed by atoms with van der Waals surface area (Å²) in [4.78, 5) is 11.9. The molecule has 1 rings (SSSR count). The van der Waals surface area contributed by atoms with Crippen molar-refractivity contribution in [2.24, 2.45) is 11.7 Å². The van der Waals surface area contributed by atoms with Gasteiger partial charge in [-0.1, -0.05) is 13.3 Å². The van der Waals surface area contributed by atoms with E-state index >= 15 is 0 Å². The second-order valence-corrected chi connectivity index (χ2v) is 4.64. The van der Waals surface area contributed by atoms with E-state index in [1.165, 1.54) is 12.1 Å². The van der Waals surface area contributed by atoms with Crippen LogP contribution < -0.4 is 11.1 Å². The van der Waals surface area contributed by atoms with Gasteiger partial charge >= 0.3 is 0 Å². The molecule has 106 valence electrons. The van der Waals surface area contributed by atoms with Gasteiger partial charge in [0.05, 0.1) is 5.56 Å². The average Bonchev–Trinajstić information content (AvgIpc) is 2.36. The van der Waals surface area contributed by atoms with Crippen molar-refractivity contribution in [2.45, 2.75) is 26.2 Å². The lowest BCUT2D eigenvalue weighted by molar-refractivity contribution is 0.0943. The van der Waals surface area contributed by atoms with E-state index in [0.717, 1.165) is 25.3 Å². The lowest BCUT2D eigenvalue weighted by Gasteiger charge is -2.16. The molecule has 0 aliphatic heterocycles. The topological polar surface area (TPSA) is 95.6 Å². The van der Waals surface area contributed by atoms with E-state index in [-0.39, 0.29) is 23.0 Å². The third kappa shape index (κ3) is 4.79. The van der Waals surface area contributed by atoms with Crippen LogP contribution in [0.3, 0.4) is 0 Å². The largest absolute Gasteiger partial charge is 0.508 e. The second-order valence-electron chi connectivity index (χ2n) is 4.64. The van der Waals surface area contributed by atoms with Crippen molar-refractivity contribution in [1.29, 1.82) is 0 Å². The highest BCUT2D eigenvalue weighted by molar-refractivity contribution is 5.96. The van der Waals surface area contributed by atoms with Crippen LogP contribution in [0.2, 0.25) is 0 Å². The first-order valence-corrected chi connectivity index (χ1v) is 6.58. The van der Waals surface area contributed by atoms with Gasteiger partial charge < -0.3 is 21.3 Å². The van der Waals surface area contributed by atoms with E-state index in [4.69, 9.17) is 5.73 Å². The minimum Gasteiger partial charge on any atom is -0.508 e. The summed E-state index contributed by atoms with van der Waals surface area (Å²) >= 11 is 0. The molecule has 1 amide bonds. The summed E-state index contributed by atoms with van der Waals surface area (Å²) < 4.78 is 0. The molecule has 0 heterocycles. The minimum atomic E-state index is -0.337. The molecule has 5 N–H and O–H groups in total. The molecule has 0 saturated carbocycles. The fraction of sp³-hybridized carbons (Fsp3) is 0.500. The van der Waals surface area contributed by atoms with Gasteiger partial charge in [0.25, 0.3) is 5.91 Å². The summed E-state index contributed by atoms with van der Waals surface area (Å²) in [6.07, 6.45) is 2.93. The summed E-state index contributed by atoms with van der Waals surface area (Å²) in [6, 6.07) is 3.92. The van der Waals surface area contributed by atoms with Crippen LogP contribution in [0.25, 0.3) is 0 Å². The van der Waals surface area contributed by atoms with Gasteiger partial charge in [-0.15, -0.1) is 0 Å². The van der Waals surface area contributed by atoms with Gasteiger partial charge in [-0.2, -0.15) is 0 Å². The lowest BCUT2D eigenvalue weighted by Crippen LogP contribution is -2.30. The molecule has 0 aliphatic rings.